The normalized spacial score (nSPS) is 17.5. The number of rotatable bonds is 2. The van der Waals surface area contributed by atoms with Crippen LogP contribution in [0.25, 0.3) is 0 Å². The molecule has 1 aromatic carbocycles. The molecule has 0 heterocycles. The fourth-order valence-corrected chi connectivity index (χ4v) is 1.55. The van der Waals surface area contributed by atoms with Crippen LogP contribution in [-0.4, -0.2) is 7.11 Å². The van der Waals surface area contributed by atoms with Gasteiger partial charge in [0.1, 0.15) is 6.10 Å². The maximum absolute atomic E-state index is 5.12. The molecule has 0 bridgehead atoms. The standard InChI is InChI=1S/C13H13O/c1-14-13-9-7-12(8-10-13)11-5-3-2-4-6-11/h2-10,12H,1H3. The maximum atomic E-state index is 5.12. The zero-order valence-corrected chi connectivity index (χ0v) is 8.18. The predicted molar refractivity (Wildman–Crippen MR) is 57.7 cm³/mol. The lowest BCUT2D eigenvalue weighted by molar-refractivity contribution is 0.256. The molecule has 0 amide bonds. The molecule has 2 rings (SSSR count). The van der Waals surface area contributed by atoms with E-state index in [1.165, 1.54) is 5.56 Å². The van der Waals surface area contributed by atoms with Crippen LogP contribution in [0.15, 0.2) is 54.6 Å². The molecule has 0 fully saturated rings. The zero-order chi connectivity index (χ0) is 9.80. The summed E-state index contributed by atoms with van der Waals surface area (Å²) in [5.74, 6) is 0.384. The molecule has 1 nitrogen and oxygen atoms in total. The van der Waals surface area contributed by atoms with Crippen molar-refractivity contribution in [2.75, 3.05) is 7.11 Å². The molecule has 1 heteroatoms. The molecule has 71 valence electrons. The van der Waals surface area contributed by atoms with E-state index in [4.69, 9.17) is 4.74 Å². The number of benzene rings is 1. The maximum Gasteiger partial charge on any atom is 0.140 e. The number of hydrogen-bond acceptors (Lipinski definition) is 1. The Bertz CT molecular complexity index is 324. The lowest BCUT2D eigenvalue weighted by atomic mass is 9.94. The van der Waals surface area contributed by atoms with Crippen LogP contribution in [0, 0.1) is 6.10 Å². The average Bonchev–Trinajstić information content (AvgIpc) is 2.30. The highest BCUT2D eigenvalue weighted by atomic mass is 16.5. The summed E-state index contributed by atoms with van der Waals surface area (Å²) in [5.41, 5.74) is 1.31. The molecule has 0 saturated carbocycles. The summed E-state index contributed by atoms with van der Waals surface area (Å²) in [6.45, 7) is 0. The summed E-state index contributed by atoms with van der Waals surface area (Å²) in [7, 11) is 1.69. The first kappa shape index (κ1) is 9.22. The van der Waals surface area contributed by atoms with E-state index in [1.54, 1.807) is 7.11 Å². The molecule has 0 saturated heterocycles. The third-order valence-corrected chi connectivity index (χ3v) is 2.36. The van der Waals surface area contributed by atoms with Gasteiger partial charge < -0.3 is 4.74 Å². The van der Waals surface area contributed by atoms with Gasteiger partial charge in [0.05, 0.1) is 0 Å². The molecule has 1 radical (unpaired) electrons. The summed E-state index contributed by atoms with van der Waals surface area (Å²) >= 11 is 0. The van der Waals surface area contributed by atoms with Crippen LogP contribution in [0.3, 0.4) is 0 Å². The van der Waals surface area contributed by atoms with Crippen molar-refractivity contribution < 1.29 is 4.74 Å². The largest absolute Gasteiger partial charge is 0.366 e. The smallest absolute Gasteiger partial charge is 0.140 e. The van der Waals surface area contributed by atoms with Gasteiger partial charge in [0, 0.05) is 13.0 Å². The van der Waals surface area contributed by atoms with Gasteiger partial charge in [-0.2, -0.15) is 0 Å². The van der Waals surface area contributed by atoms with E-state index < -0.39 is 0 Å². The second-order valence-corrected chi connectivity index (χ2v) is 3.26. The summed E-state index contributed by atoms with van der Waals surface area (Å²) in [5, 5.41) is 0. The highest BCUT2D eigenvalue weighted by Gasteiger charge is 2.10. The van der Waals surface area contributed by atoms with E-state index in [-0.39, 0.29) is 0 Å². The Morgan fingerprint density at radius 2 is 1.64 bits per heavy atom. The summed E-state index contributed by atoms with van der Waals surface area (Å²) in [4.78, 5) is 0. The number of methoxy groups -OCH3 is 1. The highest BCUT2D eigenvalue weighted by molar-refractivity contribution is 5.36. The van der Waals surface area contributed by atoms with Gasteiger partial charge in [0.15, 0.2) is 0 Å². The SMILES string of the molecule is CO[C]1C=CC(c2ccccc2)C=C1. The average molecular weight is 185 g/mol. The van der Waals surface area contributed by atoms with Crippen LogP contribution in [-0.2, 0) is 4.74 Å². The van der Waals surface area contributed by atoms with E-state index in [0.717, 1.165) is 6.10 Å². The predicted octanol–water partition coefficient (Wildman–Crippen LogP) is 3.07. The molecular formula is C13H13O. The molecular weight excluding hydrogens is 172 g/mol. The van der Waals surface area contributed by atoms with Crippen LogP contribution in [0.1, 0.15) is 11.5 Å². The number of ether oxygens (including phenoxy) is 1. The van der Waals surface area contributed by atoms with Gasteiger partial charge in [0.2, 0.25) is 0 Å². The van der Waals surface area contributed by atoms with Crippen LogP contribution in [0.4, 0.5) is 0 Å². The zero-order valence-electron chi connectivity index (χ0n) is 8.18. The Hall–Kier alpha value is -1.34. The van der Waals surface area contributed by atoms with Crippen molar-refractivity contribution in [3.05, 3.63) is 66.3 Å². The molecule has 1 aliphatic carbocycles. The van der Waals surface area contributed by atoms with E-state index >= 15 is 0 Å². The van der Waals surface area contributed by atoms with Crippen molar-refractivity contribution in [3.63, 3.8) is 0 Å². The fourth-order valence-electron chi connectivity index (χ4n) is 1.55. The molecule has 1 aromatic rings. The van der Waals surface area contributed by atoms with Crippen molar-refractivity contribution in [1.82, 2.24) is 0 Å². The lowest BCUT2D eigenvalue weighted by Crippen LogP contribution is -2.00. The lowest BCUT2D eigenvalue weighted by Gasteiger charge is -2.14. The Morgan fingerprint density at radius 1 is 1.00 bits per heavy atom. The monoisotopic (exact) mass is 185 g/mol. The molecule has 0 aromatic heterocycles. The van der Waals surface area contributed by atoms with Crippen LogP contribution in [0.5, 0.6) is 0 Å². The van der Waals surface area contributed by atoms with E-state index in [2.05, 4.69) is 36.4 Å². The van der Waals surface area contributed by atoms with E-state index in [1.807, 2.05) is 18.2 Å². The molecule has 0 spiro atoms. The number of allylic oxidation sites excluding steroid dienone is 2. The summed E-state index contributed by atoms with van der Waals surface area (Å²) in [6, 6.07) is 10.4. The van der Waals surface area contributed by atoms with Crippen LogP contribution in [0.2, 0.25) is 0 Å². The third kappa shape index (κ3) is 1.94. The van der Waals surface area contributed by atoms with E-state index in [0.29, 0.717) is 5.92 Å². The Labute approximate surface area is 84.7 Å². The molecule has 1 aliphatic rings. The topological polar surface area (TPSA) is 9.23 Å². The van der Waals surface area contributed by atoms with Gasteiger partial charge in [-0.05, 0) is 17.7 Å². The second-order valence-electron chi connectivity index (χ2n) is 3.26. The molecule has 14 heavy (non-hydrogen) atoms. The fraction of sp³-hybridized carbons (Fsp3) is 0.154. The summed E-state index contributed by atoms with van der Waals surface area (Å²) < 4.78 is 5.12. The van der Waals surface area contributed by atoms with Crippen molar-refractivity contribution >= 4 is 0 Å². The molecule has 0 aliphatic heterocycles. The van der Waals surface area contributed by atoms with Gasteiger partial charge in [0.25, 0.3) is 0 Å². The molecule has 0 atom stereocenters. The molecule has 0 unspecified atom stereocenters. The highest BCUT2D eigenvalue weighted by Crippen LogP contribution is 2.25. The van der Waals surface area contributed by atoms with Crippen LogP contribution < -0.4 is 0 Å². The van der Waals surface area contributed by atoms with Gasteiger partial charge in [-0.3, -0.25) is 0 Å². The van der Waals surface area contributed by atoms with Gasteiger partial charge in [-0.1, -0.05) is 42.5 Å². The minimum Gasteiger partial charge on any atom is -0.366 e. The van der Waals surface area contributed by atoms with Gasteiger partial charge >= 0.3 is 0 Å². The molecule has 0 N–H and O–H groups in total. The Kier molecular flexibility index (Phi) is 2.80. The summed E-state index contributed by atoms with van der Waals surface area (Å²) in [6.07, 6.45) is 9.23. The van der Waals surface area contributed by atoms with Crippen molar-refractivity contribution in [2.45, 2.75) is 5.92 Å². The third-order valence-electron chi connectivity index (χ3n) is 2.36. The second kappa shape index (κ2) is 4.25. The van der Waals surface area contributed by atoms with E-state index in [9.17, 15) is 0 Å². The Balaban J connectivity index is 2.13. The van der Waals surface area contributed by atoms with Crippen molar-refractivity contribution in [2.24, 2.45) is 0 Å². The first-order chi connectivity index (χ1) is 6.90. The quantitative estimate of drug-likeness (QED) is 0.688. The Morgan fingerprint density at radius 3 is 2.21 bits per heavy atom. The van der Waals surface area contributed by atoms with Gasteiger partial charge in [-0.25, -0.2) is 0 Å². The van der Waals surface area contributed by atoms with Gasteiger partial charge in [-0.15, -0.1) is 0 Å². The first-order valence-electron chi connectivity index (χ1n) is 4.72. The minimum atomic E-state index is 0.384. The van der Waals surface area contributed by atoms with Crippen molar-refractivity contribution in [1.29, 1.82) is 0 Å². The minimum absolute atomic E-state index is 0.384. The number of hydrogen-bond donors (Lipinski definition) is 0. The van der Waals surface area contributed by atoms with Crippen LogP contribution >= 0.6 is 0 Å². The first-order valence-corrected chi connectivity index (χ1v) is 4.72. The van der Waals surface area contributed by atoms with Crippen molar-refractivity contribution in [3.8, 4) is 0 Å².